The molecule has 3 aliphatic rings. The number of imidazole rings is 1. The quantitative estimate of drug-likeness (QED) is 0.484. The van der Waals surface area contributed by atoms with E-state index in [1.807, 2.05) is 4.90 Å². The molecule has 3 aromatic rings. The fourth-order valence-corrected chi connectivity index (χ4v) is 4.59. The maximum absolute atomic E-state index is 12.9. The van der Waals surface area contributed by atoms with Crippen LogP contribution in [0.5, 0.6) is 0 Å². The van der Waals surface area contributed by atoms with Crippen LogP contribution in [0.15, 0.2) is 18.5 Å². The highest BCUT2D eigenvalue weighted by Crippen LogP contribution is 2.40. The zero-order valence-electron chi connectivity index (χ0n) is 17.2. The van der Waals surface area contributed by atoms with Crippen LogP contribution in [-0.2, 0) is 17.6 Å². The molecule has 31 heavy (non-hydrogen) atoms. The number of H-pyrrole nitrogens is 2. The molecule has 1 unspecified atom stereocenters. The Morgan fingerprint density at radius 2 is 2.10 bits per heavy atom. The highest BCUT2D eigenvalue weighted by atomic mass is 16.2. The van der Waals surface area contributed by atoms with Crippen molar-refractivity contribution in [3.05, 3.63) is 35.4 Å². The smallest absolute Gasteiger partial charge is 0.249 e. The van der Waals surface area contributed by atoms with Gasteiger partial charge in [0.05, 0.1) is 5.69 Å². The van der Waals surface area contributed by atoms with Gasteiger partial charge in [-0.05, 0) is 44.9 Å². The van der Waals surface area contributed by atoms with Crippen LogP contribution >= 0.6 is 0 Å². The van der Waals surface area contributed by atoms with Crippen LogP contribution in [0.4, 0.5) is 23.5 Å². The van der Waals surface area contributed by atoms with Crippen molar-refractivity contribution < 1.29 is 4.79 Å². The lowest BCUT2D eigenvalue weighted by molar-refractivity contribution is -0.117. The molecule has 160 valence electrons. The molecule has 4 heterocycles. The summed E-state index contributed by atoms with van der Waals surface area (Å²) in [5.74, 6) is 3.19. The van der Waals surface area contributed by atoms with Gasteiger partial charge in [-0.3, -0.25) is 15.2 Å². The number of carbonyl (C=O) groups is 1. The fraction of sp³-hybridized carbons (Fsp3) is 0.476. The number of nitrogens with zero attached hydrogens (tertiary/aromatic N) is 5. The number of aromatic nitrogens is 6. The van der Waals surface area contributed by atoms with Crippen molar-refractivity contribution in [2.75, 3.05) is 22.1 Å². The van der Waals surface area contributed by atoms with E-state index in [2.05, 4.69) is 36.9 Å². The Kier molecular flexibility index (Phi) is 4.36. The highest BCUT2D eigenvalue weighted by Gasteiger charge is 2.34. The minimum atomic E-state index is -0.316. The first-order valence-electron chi connectivity index (χ1n) is 11.0. The molecule has 0 bridgehead atoms. The minimum absolute atomic E-state index is 0.0903. The largest absolute Gasteiger partial charge is 0.331 e. The van der Waals surface area contributed by atoms with E-state index in [4.69, 9.17) is 9.97 Å². The molecule has 1 atom stereocenters. The lowest BCUT2D eigenvalue weighted by Gasteiger charge is -2.24. The summed E-state index contributed by atoms with van der Waals surface area (Å²) < 4.78 is 0. The second-order valence-electron chi connectivity index (χ2n) is 8.54. The molecule has 1 saturated heterocycles. The molecule has 1 amide bonds. The summed E-state index contributed by atoms with van der Waals surface area (Å²) in [5.41, 5.74) is 3.42. The van der Waals surface area contributed by atoms with E-state index in [1.165, 1.54) is 18.5 Å². The van der Waals surface area contributed by atoms with E-state index in [-0.39, 0.29) is 11.9 Å². The van der Waals surface area contributed by atoms with Crippen molar-refractivity contribution in [1.82, 2.24) is 30.1 Å². The predicted molar refractivity (Wildman–Crippen MR) is 115 cm³/mol. The molecular weight excluding hydrogens is 394 g/mol. The van der Waals surface area contributed by atoms with Crippen LogP contribution in [0.1, 0.15) is 55.0 Å². The molecule has 2 fully saturated rings. The maximum Gasteiger partial charge on any atom is 0.249 e. The van der Waals surface area contributed by atoms with E-state index in [0.717, 1.165) is 61.5 Å². The molecule has 6 rings (SSSR count). The number of amides is 1. The third-order valence-corrected chi connectivity index (χ3v) is 6.33. The van der Waals surface area contributed by atoms with Gasteiger partial charge >= 0.3 is 0 Å². The minimum Gasteiger partial charge on any atom is -0.331 e. The summed E-state index contributed by atoms with van der Waals surface area (Å²) in [5, 5.41) is 13.8. The van der Waals surface area contributed by atoms with Crippen LogP contribution in [-0.4, -0.2) is 48.6 Å². The third-order valence-electron chi connectivity index (χ3n) is 6.33. The van der Waals surface area contributed by atoms with E-state index in [0.29, 0.717) is 17.8 Å². The lowest BCUT2D eigenvalue weighted by Crippen LogP contribution is -2.41. The van der Waals surface area contributed by atoms with Gasteiger partial charge in [0.1, 0.15) is 11.9 Å². The van der Waals surface area contributed by atoms with Gasteiger partial charge in [0.2, 0.25) is 17.8 Å². The van der Waals surface area contributed by atoms with Crippen molar-refractivity contribution in [2.45, 2.75) is 56.9 Å². The molecule has 1 aliphatic heterocycles. The van der Waals surface area contributed by atoms with Gasteiger partial charge in [0, 0.05) is 42.2 Å². The number of aryl methyl sites for hydroxylation is 1. The number of hydrogen-bond donors (Lipinski definition) is 4. The van der Waals surface area contributed by atoms with E-state index in [9.17, 15) is 4.79 Å². The molecule has 3 aromatic heterocycles. The van der Waals surface area contributed by atoms with E-state index >= 15 is 0 Å². The van der Waals surface area contributed by atoms with Crippen LogP contribution in [0.2, 0.25) is 0 Å². The summed E-state index contributed by atoms with van der Waals surface area (Å²) >= 11 is 0. The predicted octanol–water partition coefficient (Wildman–Crippen LogP) is 2.64. The van der Waals surface area contributed by atoms with Crippen LogP contribution in [0.25, 0.3) is 0 Å². The lowest BCUT2D eigenvalue weighted by atomic mass is 10.2. The molecule has 10 nitrogen and oxygen atoms in total. The average molecular weight is 419 g/mol. The Labute approximate surface area is 179 Å². The first-order chi connectivity index (χ1) is 15.2. The zero-order valence-corrected chi connectivity index (χ0v) is 17.2. The van der Waals surface area contributed by atoms with Crippen LogP contribution in [0, 0.1) is 0 Å². The second kappa shape index (κ2) is 7.36. The van der Waals surface area contributed by atoms with Gasteiger partial charge in [0.15, 0.2) is 5.82 Å². The zero-order chi connectivity index (χ0) is 20.8. The van der Waals surface area contributed by atoms with Gasteiger partial charge in [-0.1, -0.05) is 0 Å². The Hall–Kier alpha value is -3.43. The van der Waals surface area contributed by atoms with Crippen LogP contribution < -0.4 is 15.5 Å². The number of anilines is 4. The first-order valence-corrected chi connectivity index (χ1v) is 11.0. The summed E-state index contributed by atoms with van der Waals surface area (Å²) in [4.78, 5) is 31.6. The highest BCUT2D eigenvalue weighted by molar-refractivity contribution is 5.95. The number of fused-ring (bicyclic) bond motifs is 1. The maximum atomic E-state index is 12.9. The van der Waals surface area contributed by atoms with Gasteiger partial charge in [-0.15, -0.1) is 0 Å². The van der Waals surface area contributed by atoms with Gasteiger partial charge < -0.3 is 15.2 Å². The molecule has 10 heteroatoms. The topological polar surface area (TPSA) is 128 Å². The Balaban J connectivity index is 1.27. The number of carbonyl (C=O) groups excluding carboxylic acids is 1. The van der Waals surface area contributed by atoms with Crippen molar-refractivity contribution in [1.29, 1.82) is 0 Å². The number of hydrogen-bond acceptors (Lipinski definition) is 7. The normalized spacial score (nSPS) is 20.1. The monoisotopic (exact) mass is 419 g/mol. The van der Waals surface area contributed by atoms with E-state index < -0.39 is 0 Å². The van der Waals surface area contributed by atoms with Crippen molar-refractivity contribution in [3.63, 3.8) is 0 Å². The molecule has 1 saturated carbocycles. The average Bonchev–Trinajstić information content (AvgIpc) is 3.27. The van der Waals surface area contributed by atoms with Gasteiger partial charge in [-0.25, -0.2) is 9.97 Å². The molecule has 0 spiro atoms. The fourth-order valence-electron chi connectivity index (χ4n) is 4.59. The Morgan fingerprint density at radius 3 is 2.94 bits per heavy atom. The molecule has 0 aromatic carbocycles. The Bertz CT molecular complexity index is 1100. The summed E-state index contributed by atoms with van der Waals surface area (Å²) in [6.45, 7) is 0.753. The Morgan fingerprint density at radius 1 is 1.16 bits per heavy atom. The van der Waals surface area contributed by atoms with Crippen molar-refractivity contribution >= 4 is 29.4 Å². The van der Waals surface area contributed by atoms with E-state index in [1.54, 1.807) is 12.4 Å². The van der Waals surface area contributed by atoms with Crippen molar-refractivity contribution in [3.8, 4) is 0 Å². The molecule has 2 aliphatic carbocycles. The van der Waals surface area contributed by atoms with Gasteiger partial charge in [-0.2, -0.15) is 10.1 Å². The van der Waals surface area contributed by atoms with Gasteiger partial charge in [0.25, 0.3) is 0 Å². The molecule has 0 radical (unpaired) electrons. The number of aromatic amines is 2. The number of nitrogens with one attached hydrogen (secondary N) is 4. The van der Waals surface area contributed by atoms with Crippen LogP contribution in [0.3, 0.4) is 0 Å². The first kappa shape index (κ1) is 18.3. The molecular formula is C21H25N9O. The summed E-state index contributed by atoms with van der Waals surface area (Å²) in [7, 11) is 0. The summed E-state index contributed by atoms with van der Waals surface area (Å²) in [6, 6.07) is 1.76. The second-order valence-corrected chi connectivity index (χ2v) is 8.54. The SMILES string of the molecule is O=C(Nc1ncc[nH]1)C1CCCN1c1nc2c(c(Nc3cc(C4CC4)[nH]n3)n1)CCC2. The van der Waals surface area contributed by atoms with Crippen molar-refractivity contribution in [2.24, 2.45) is 0 Å². The summed E-state index contributed by atoms with van der Waals surface area (Å²) in [6.07, 6.45) is 10.4. The number of rotatable bonds is 6. The molecule has 4 N–H and O–H groups in total. The third kappa shape index (κ3) is 3.51. The standard InChI is InChI=1S/C21H25N9O/c31-19(27-20-22-8-9-23-20)16-5-2-10-30(16)21-24-14-4-1-3-13(14)18(26-21)25-17-11-15(28-29-17)12-6-7-12/h8-9,11-12,16H,1-7,10H2,(H2,22,23,27,31)(H2,24,25,26,28,29).